The molecule has 0 spiro atoms. The van der Waals surface area contributed by atoms with Crippen LogP contribution < -0.4 is 14.8 Å². The number of sulfone groups is 1. The molecule has 27 heavy (non-hydrogen) atoms. The number of hydrogen-bond acceptors (Lipinski definition) is 6. The molecule has 2 heterocycles. The van der Waals surface area contributed by atoms with Gasteiger partial charge in [-0.05, 0) is 44.5 Å². The first kappa shape index (κ1) is 19.9. The predicted molar refractivity (Wildman–Crippen MR) is 102 cm³/mol. The van der Waals surface area contributed by atoms with Gasteiger partial charge in [0.05, 0.1) is 23.9 Å². The molecule has 2 aliphatic rings. The van der Waals surface area contributed by atoms with E-state index in [1.807, 2.05) is 7.05 Å². The van der Waals surface area contributed by atoms with Crippen molar-refractivity contribution in [2.75, 3.05) is 45.6 Å². The van der Waals surface area contributed by atoms with Gasteiger partial charge in [-0.3, -0.25) is 4.79 Å². The molecule has 1 saturated heterocycles. The zero-order valence-electron chi connectivity index (χ0n) is 15.8. The van der Waals surface area contributed by atoms with Crippen LogP contribution in [0.1, 0.15) is 25.7 Å². The number of fused-ring (bicyclic) bond motifs is 1. The van der Waals surface area contributed by atoms with E-state index in [1.165, 1.54) is 12.1 Å². The quantitative estimate of drug-likeness (QED) is 0.784. The number of rotatable bonds is 6. The van der Waals surface area contributed by atoms with Gasteiger partial charge in [-0.1, -0.05) is 0 Å². The molecule has 0 aliphatic carbocycles. The average molecular weight is 397 g/mol. The van der Waals surface area contributed by atoms with E-state index in [2.05, 4.69) is 5.32 Å². The predicted octanol–water partition coefficient (Wildman–Crippen LogP) is 1.47. The summed E-state index contributed by atoms with van der Waals surface area (Å²) in [5, 5.41) is 3.15. The summed E-state index contributed by atoms with van der Waals surface area (Å²) >= 11 is 0. The number of nitrogens with zero attached hydrogens (tertiary/aromatic N) is 1. The van der Waals surface area contributed by atoms with Gasteiger partial charge in [0, 0.05) is 32.0 Å². The molecule has 1 N–H and O–H groups in total. The van der Waals surface area contributed by atoms with E-state index in [-0.39, 0.29) is 23.0 Å². The van der Waals surface area contributed by atoms with Gasteiger partial charge in [0.25, 0.3) is 0 Å². The second kappa shape index (κ2) is 8.93. The summed E-state index contributed by atoms with van der Waals surface area (Å²) in [6, 6.07) is 4.66. The van der Waals surface area contributed by atoms with Gasteiger partial charge in [0.1, 0.15) is 0 Å². The van der Waals surface area contributed by atoms with Crippen molar-refractivity contribution < 1.29 is 22.7 Å². The molecule has 1 atom stereocenters. The van der Waals surface area contributed by atoms with E-state index in [4.69, 9.17) is 9.47 Å². The minimum atomic E-state index is -3.56. The molecule has 7 nitrogen and oxygen atoms in total. The maximum absolute atomic E-state index is 12.7. The van der Waals surface area contributed by atoms with Gasteiger partial charge < -0.3 is 19.7 Å². The van der Waals surface area contributed by atoms with Crippen LogP contribution in [0.2, 0.25) is 0 Å². The maximum Gasteiger partial charge on any atom is 0.223 e. The fourth-order valence-corrected chi connectivity index (χ4v) is 4.82. The van der Waals surface area contributed by atoms with Crippen LogP contribution in [0.25, 0.3) is 0 Å². The summed E-state index contributed by atoms with van der Waals surface area (Å²) in [4.78, 5) is 14.5. The van der Waals surface area contributed by atoms with E-state index in [9.17, 15) is 13.2 Å². The molecule has 8 heteroatoms. The average Bonchev–Trinajstić information content (AvgIpc) is 2.91. The Morgan fingerprint density at radius 1 is 1.22 bits per heavy atom. The van der Waals surface area contributed by atoms with E-state index < -0.39 is 9.84 Å². The Morgan fingerprint density at radius 3 is 2.78 bits per heavy atom. The summed E-state index contributed by atoms with van der Waals surface area (Å²) in [5.41, 5.74) is 0. The Labute approximate surface area is 160 Å². The van der Waals surface area contributed by atoms with Gasteiger partial charge in [-0.2, -0.15) is 0 Å². The van der Waals surface area contributed by atoms with E-state index in [0.717, 1.165) is 25.8 Å². The Balaban J connectivity index is 1.61. The Morgan fingerprint density at radius 2 is 2.00 bits per heavy atom. The summed E-state index contributed by atoms with van der Waals surface area (Å²) in [6.07, 6.45) is 2.83. The van der Waals surface area contributed by atoms with Crippen molar-refractivity contribution in [2.24, 2.45) is 5.92 Å². The summed E-state index contributed by atoms with van der Waals surface area (Å²) < 4.78 is 36.5. The Kier molecular flexibility index (Phi) is 6.59. The first-order chi connectivity index (χ1) is 13.0. The third-order valence-electron chi connectivity index (χ3n) is 5.03. The summed E-state index contributed by atoms with van der Waals surface area (Å²) in [7, 11) is -1.65. The standard InChI is InChI=1S/C19H28N2O5S/c1-20-13-15-4-2-8-21(14-15)19(22)7-11-27(23,24)16-5-6-17-18(12-16)26-10-3-9-25-17/h5-6,12,15,20H,2-4,7-11,13-14H2,1H3. The van der Waals surface area contributed by atoms with Crippen LogP contribution in [-0.4, -0.2) is 64.9 Å². The molecule has 0 aromatic heterocycles. The molecule has 2 aliphatic heterocycles. The van der Waals surface area contributed by atoms with Gasteiger partial charge in [0.15, 0.2) is 21.3 Å². The fraction of sp³-hybridized carbons (Fsp3) is 0.632. The number of piperidine rings is 1. The van der Waals surface area contributed by atoms with Crippen LogP contribution in [0, 0.1) is 5.92 Å². The van der Waals surface area contributed by atoms with Crippen molar-refractivity contribution >= 4 is 15.7 Å². The van der Waals surface area contributed by atoms with Gasteiger partial charge in [-0.15, -0.1) is 0 Å². The fourth-order valence-electron chi connectivity index (χ4n) is 3.58. The van der Waals surface area contributed by atoms with Crippen molar-refractivity contribution in [1.82, 2.24) is 10.2 Å². The molecule has 1 aromatic carbocycles. The number of ether oxygens (including phenoxy) is 2. The van der Waals surface area contributed by atoms with Crippen molar-refractivity contribution in [1.29, 1.82) is 0 Å². The minimum Gasteiger partial charge on any atom is -0.490 e. The van der Waals surface area contributed by atoms with Crippen molar-refractivity contribution in [3.05, 3.63) is 18.2 Å². The highest BCUT2D eigenvalue weighted by atomic mass is 32.2. The number of likely N-dealkylation sites (tertiary alicyclic amines) is 1. The van der Waals surface area contributed by atoms with E-state index in [1.54, 1.807) is 11.0 Å². The molecule has 3 rings (SSSR count). The number of carbonyl (C=O) groups is 1. The van der Waals surface area contributed by atoms with Crippen molar-refractivity contribution in [3.8, 4) is 11.5 Å². The molecule has 1 unspecified atom stereocenters. The van der Waals surface area contributed by atoms with Gasteiger partial charge in [-0.25, -0.2) is 8.42 Å². The lowest BCUT2D eigenvalue weighted by Gasteiger charge is -2.32. The first-order valence-corrected chi connectivity index (χ1v) is 11.2. The highest BCUT2D eigenvalue weighted by Crippen LogP contribution is 2.32. The molecule has 150 valence electrons. The minimum absolute atomic E-state index is 0.00302. The second-order valence-electron chi connectivity index (χ2n) is 7.13. The molecular formula is C19H28N2O5S. The third-order valence-corrected chi connectivity index (χ3v) is 6.74. The number of benzene rings is 1. The summed E-state index contributed by atoms with van der Waals surface area (Å²) in [6.45, 7) is 3.34. The monoisotopic (exact) mass is 396 g/mol. The first-order valence-electron chi connectivity index (χ1n) is 9.54. The number of carbonyl (C=O) groups excluding carboxylic acids is 1. The van der Waals surface area contributed by atoms with Crippen LogP contribution in [0.4, 0.5) is 0 Å². The number of amides is 1. The molecule has 1 amide bonds. The summed E-state index contributed by atoms with van der Waals surface area (Å²) in [5.74, 6) is 1.16. The molecule has 0 radical (unpaired) electrons. The second-order valence-corrected chi connectivity index (χ2v) is 9.24. The van der Waals surface area contributed by atoms with Crippen LogP contribution in [0.3, 0.4) is 0 Å². The Bertz CT molecular complexity index is 763. The SMILES string of the molecule is CNCC1CCCN(C(=O)CCS(=O)(=O)c2ccc3c(c2)OCCCO3)C1. The molecule has 1 fully saturated rings. The number of hydrogen-bond donors (Lipinski definition) is 1. The van der Waals surface area contributed by atoms with E-state index >= 15 is 0 Å². The topological polar surface area (TPSA) is 84.9 Å². The third kappa shape index (κ3) is 5.13. The maximum atomic E-state index is 12.7. The molecule has 0 bridgehead atoms. The molecule has 0 saturated carbocycles. The van der Waals surface area contributed by atoms with Crippen molar-refractivity contribution in [2.45, 2.75) is 30.6 Å². The van der Waals surface area contributed by atoms with Crippen molar-refractivity contribution in [3.63, 3.8) is 0 Å². The molecular weight excluding hydrogens is 368 g/mol. The van der Waals surface area contributed by atoms with Crippen LogP contribution in [-0.2, 0) is 14.6 Å². The number of nitrogens with one attached hydrogen (secondary N) is 1. The highest BCUT2D eigenvalue weighted by Gasteiger charge is 2.25. The lowest BCUT2D eigenvalue weighted by molar-refractivity contribution is -0.132. The largest absolute Gasteiger partial charge is 0.490 e. The zero-order chi connectivity index (χ0) is 19.3. The van der Waals surface area contributed by atoms with Gasteiger partial charge in [0.2, 0.25) is 5.91 Å². The Hall–Kier alpha value is -1.80. The van der Waals surface area contributed by atoms with Crippen LogP contribution in [0.15, 0.2) is 23.1 Å². The lowest BCUT2D eigenvalue weighted by Crippen LogP contribution is -2.42. The molecule has 1 aromatic rings. The smallest absolute Gasteiger partial charge is 0.223 e. The highest BCUT2D eigenvalue weighted by molar-refractivity contribution is 7.91. The van der Waals surface area contributed by atoms with Gasteiger partial charge >= 0.3 is 0 Å². The lowest BCUT2D eigenvalue weighted by atomic mass is 9.98. The zero-order valence-corrected chi connectivity index (χ0v) is 16.6. The van der Waals surface area contributed by atoms with Crippen LogP contribution in [0.5, 0.6) is 11.5 Å². The normalized spacial score (nSPS) is 20.2. The van der Waals surface area contributed by atoms with E-state index in [0.29, 0.717) is 43.7 Å². The van der Waals surface area contributed by atoms with Crippen LogP contribution >= 0.6 is 0 Å².